The molecular formula is C19H27Cl3N2O4S. The lowest BCUT2D eigenvalue weighted by Crippen LogP contribution is -2.42. The summed E-state index contributed by atoms with van der Waals surface area (Å²) in [6.07, 6.45) is -0.612. The molecule has 0 unspecified atom stereocenters. The smallest absolute Gasteiger partial charge is 0.409 e. The molecule has 0 saturated heterocycles. The summed E-state index contributed by atoms with van der Waals surface area (Å²) in [5.41, 5.74) is -0.598. The molecule has 2 amide bonds. The van der Waals surface area contributed by atoms with Gasteiger partial charge in [0.15, 0.2) is 0 Å². The van der Waals surface area contributed by atoms with Crippen LogP contribution in [0.25, 0.3) is 0 Å². The normalized spacial score (nSPS) is 12.8. The van der Waals surface area contributed by atoms with Gasteiger partial charge in [-0.15, -0.1) is 11.8 Å². The maximum Gasteiger partial charge on any atom is 0.409 e. The number of halogens is 3. The number of amides is 2. The van der Waals surface area contributed by atoms with Crippen LogP contribution in [0, 0.1) is 0 Å². The quantitative estimate of drug-likeness (QED) is 0.389. The van der Waals surface area contributed by atoms with Crippen LogP contribution in [-0.4, -0.2) is 58.5 Å². The van der Waals surface area contributed by atoms with Crippen LogP contribution in [0.4, 0.5) is 9.59 Å². The van der Waals surface area contributed by atoms with Gasteiger partial charge in [0.05, 0.1) is 0 Å². The average molecular weight is 486 g/mol. The lowest BCUT2D eigenvalue weighted by Gasteiger charge is -2.25. The number of ether oxygens (including phenoxy) is 2. The molecule has 0 radical (unpaired) electrons. The number of hydrogen-bond donors (Lipinski definition) is 1. The fourth-order valence-corrected chi connectivity index (χ4v) is 3.24. The Hall–Kier alpha value is -1.02. The fourth-order valence-electron chi connectivity index (χ4n) is 2.08. The van der Waals surface area contributed by atoms with Gasteiger partial charge in [-0.3, -0.25) is 0 Å². The third-order valence-corrected chi connectivity index (χ3v) is 4.90. The number of benzene rings is 1. The molecule has 1 N–H and O–H groups in total. The Morgan fingerprint density at radius 2 is 1.79 bits per heavy atom. The third kappa shape index (κ3) is 13.0. The zero-order valence-electron chi connectivity index (χ0n) is 16.9. The lowest BCUT2D eigenvalue weighted by atomic mass is 10.2. The van der Waals surface area contributed by atoms with Crippen LogP contribution < -0.4 is 5.32 Å². The Labute approximate surface area is 191 Å². The number of thioether (sulfide) groups is 1. The van der Waals surface area contributed by atoms with Gasteiger partial charge in [0.1, 0.15) is 12.2 Å². The van der Waals surface area contributed by atoms with Crippen molar-refractivity contribution in [1.82, 2.24) is 10.2 Å². The van der Waals surface area contributed by atoms with E-state index in [-0.39, 0.29) is 12.6 Å². The zero-order valence-corrected chi connectivity index (χ0v) is 20.0. The molecule has 0 saturated carbocycles. The summed E-state index contributed by atoms with van der Waals surface area (Å²) in [6, 6.07) is 9.61. The van der Waals surface area contributed by atoms with E-state index in [4.69, 9.17) is 44.3 Å². The van der Waals surface area contributed by atoms with E-state index < -0.39 is 21.6 Å². The van der Waals surface area contributed by atoms with Crippen LogP contribution >= 0.6 is 46.6 Å². The molecule has 10 heteroatoms. The van der Waals surface area contributed by atoms with Crippen molar-refractivity contribution in [2.75, 3.05) is 26.0 Å². The van der Waals surface area contributed by atoms with Gasteiger partial charge in [0, 0.05) is 30.3 Å². The van der Waals surface area contributed by atoms with Gasteiger partial charge in [0.25, 0.3) is 0 Å². The number of nitrogens with one attached hydrogen (secondary N) is 1. The van der Waals surface area contributed by atoms with Crippen LogP contribution in [-0.2, 0) is 9.47 Å². The molecule has 6 nitrogen and oxygen atoms in total. The molecule has 0 aliphatic carbocycles. The van der Waals surface area contributed by atoms with E-state index in [1.165, 1.54) is 4.90 Å². The van der Waals surface area contributed by atoms with Crippen molar-refractivity contribution in [1.29, 1.82) is 0 Å². The average Bonchev–Trinajstić information content (AvgIpc) is 2.60. The van der Waals surface area contributed by atoms with E-state index in [0.717, 1.165) is 4.90 Å². The first-order valence-electron chi connectivity index (χ1n) is 8.98. The summed E-state index contributed by atoms with van der Waals surface area (Å²) >= 11 is 18.4. The summed E-state index contributed by atoms with van der Waals surface area (Å²) in [7, 11) is 1.58. The van der Waals surface area contributed by atoms with Crippen LogP contribution in [0.1, 0.15) is 27.2 Å². The van der Waals surface area contributed by atoms with E-state index in [9.17, 15) is 9.59 Å². The van der Waals surface area contributed by atoms with E-state index >= 15 is 0 Å². The van der Waals surface area contributed by atoms with Gasteiger partial charge in [-0.25, -0.2) is 9.59 Å². The predicted molar refractivity (Wildman–Crippen MR) is 119 cm³/mol. The molecule has 29 heavy (non-hydrogen) atoms. The van der Waals surface area contributed by atoms with Crippen molar-refractivity contribution in [3.63, 3.8) is 0 Å². The molecule has 1 rings (SSSR count). The maximum atomic E-state index is 12.2. The molecule has 0 aromatic heterocycles. The summed E-state index contributed by atoms with van der Waals surface area (Å²) in [6.45, 7) is 5.40. The monoisotopic (exact) mass is 484 g/mol. The number of nitrogens with zero attached hydrogens (tertiary/aromatic N) is 1. The van der Waals surface area contributed by atoms with Gasteiger partial charge < -0.3 is 19.7 Å². The number of carbonyl (C=O) groups is 2. The van der Waals surface area contributed by atoms with Gasteiger partial charge in [-0.2, -0.15) is 0 Å². The van der Waals surface area contributed by atoms with Crippen LogP contribution in [0.5, 0.6) is 0 Å². The Morgan fingerprint density at radius 1 is 1.17 bits per heavy atom. The highest BCUT2D eigenvalue weighted by Gasteiger charge is 2.24. The molecule has 0 fully saturated rings. The Morgan fingerprint density at radius 3 is 2.34 bits per heavy atom. The summed E-state index contributed by atoms with van der Waals surface area (Å²) in [5, 5.41) is 2.87. The van der Waals surface area contributed by atoms with Gasteiger partial charge >= 0.3 is 12.2 Å². The second-order valence-corrected chi connectivity index (χ2v) is 11.0. The zero-order chi connectivity index (χ0) is 22.1. The van der Waals surface area contributed by atoms with Gasteiger partial charge in [-0.05, 0) is 39.3 Å². The molecule has 1 atom stereocenters. The predicted octanol–water partition coefficient (Wildman–Crippen LogP) is 5.50. The van der Waals surface area contributed by atoms with E-state index in [1.807, 2.05) is 30.3 Å². The molecular weight excluding hydrogens is 459 g/mol. The van der Waals surface area contributed by atoms with Crippen molar-refractivity contribution in [2.24, 2.45) is 0 Å². The molecule has 0 aliphatic rings. The molecule has 0 bridgehead atoms. The number of rotatable bonds is 8. The van der Waals surface area contributed by atoms with Crippen molar-refractivity contribution >= 4 is 58.8 Å². The van der Waals surface area contributed by atoms with E-state index in [0.29, 0.717) is 18.7 Å². The Kier molecular flexibility index (Phi) is 10.8. The second kappa shape index (κ2) is 12.0. The summed E-state index contributed by atoms with van der Waals surface area (Å²) in [4.78, 5) is 26.6. The van der Waals surface area contributed by atoms with E-state index in [2.05, 4.69) is 5.32 Å². The summed E-state index contributed by atoms with van der Waals surface area (Å²) in [5.74, 6) is 0.611. The molecule has 1 aromatic carbocycles. The number of alkyl halides is 3. The fraction of sp³-hybridized carbons (Fsp3) is 0.579. The van der Waals surface area contributed by atoms with Crippen molar-refractivity contribution < 1.29 is 19.1 Å². The molecule has 164 valence electrons. The third-order valence-electron chi connectivity index (χ3n) is 3.40. The minimum atomic E-state index is -1.66. The standard InChI is InChI=1S/C19H27Cl3N2O4S/c1-18(2,3)28-16(25)23-14(12-29-15-8-6-5-7-9-15)10-11-24(4)17(26)27-13-19(20,21)22/h5-9,14H,10-13H2,1-4H3,(H,23,25)/t14-/m1/s1. The van der Waals surface area contributed by atoms with Crippen LogP contribution in [0.3, 0.4) is 0 Å². The highest BCUT2D eigenvalue weighted by Crippen LogP contribution is 2.26. The van der Waals surface area contributed by atoms with Crippen molar-refractivity contribution in [3.05, 3.63) is 30.3 Å². The molecule has 1 aromatic rings. The Balaban J connectivity index is 2.62. The Bertz CT molecular complexity index is 651. The van der Waals surface area contributed by atoms with Gasteiger partial charge in [-0.1, -0.05) is 53.0 Å². The minimum absolute atomic E-state index is 0.224. The first-order chi connectivity index (χ1) is 13.4. The van der Waals surface area contributed by atoms with Gasteiger partial charge in [0.2, 0.25) is 3.79 Å². The van der Waals surface area contributed by atoms with Crippen LogP contribution in [0.2, 0.25) is 0 Å². The summed E-state index contributed by atoms with van der Waals surface area (Å²) < 4.78 is 8.63. The SMILES string of the molecule is CN(CC[C@H](CSc1ccccc1)NC(=O)OC(C)(C)C)C(=O)OCC(Cl)(Cl)Cl. The van der Waals surface area contributed by atoms with Crippen molar-refractivity contribution in [3.8, 4) is 0 Å². The van der Waals surface area contributed by atoms with Crippen molar-refractivity contribution in [2.45, 2.75) is 47.5 Å². The second-order valence-electron chi connectivity index (χ2n) is 7.35. The van der Waals surface area contributed by atoms with Crippen LogP contribution in [0.15, 0.2) is 35.2 Å². The highest BCUT2D eigenvalue weighted by molar-refractivity contribution is 7.99. The number of carbonyl (C=O) groups excluding carboxylic acids is 2. The minimum Gasteiger partial charge on any atom is -0.445 e. The number of hydrogen-bond acceptors (Lipinski definition) is 5. The molecule has 0 spiro atoms. The highest BCUT2D eigenvalue weighted by atomic mass is 35.6. The largest absolute Gasteiger partial charge is 0.445 e. The molecule has 0 aliphatic heterocycles. The molecule has 0 heterocycles. The lowest BCUT2D eigenvalue weighted by molar-refractivity contribution is 0.0505. The first kappa shape index (κ1) is 26.0. The first-order valence-corrected chi connectivity index (χ1v) is 11.1. The van der Waals surface area contributed by atoms with E-state index in [1.54, 1.807) is 39.6 Å². The maximum absolute atomic E-state index is 12.2. The topological polar surface area (TPSA) is 67.9 Å². The number of alkyl carbamates (subject to hydrolysis) is 1.